The number of aromatic amines is 1. The Labute approximate surface area is 106 Å². The van der Waals surface area contributed by atoms with Crippen molar-refractivity contribution in [2.24, 2.45) is 0 Å². The van der Waals surface area contributed by atoms with Crippen LogP contribution in [0.2, 0.25) is 0 Å². The third-order valence-electron chi connectivity index (χ3n) is 2.53. The lowest BCUT2D eigenvalue weighted by molar-refractivity contribution is 0.324. The fourth-order valence-electron chi connectivity index (χ4n) is 1.63. The number of imidazole rings is 1. The van der Waals surface area contributed by atoms with E-state index in [4.69, 9.17) is 4.74 Å². The van der Waals surface area contributed by atoms with Crippen LogP contribution in [0.15, 0.2) is 18.7 Å². The Balaban J connectivity index is 1.94. The first-order valence-electron chi connectivity index (χ1n) is 5.97. The third-order valence-corrected chi connectivity index (χ3v) is 2.53. The Morgan fingerprint density at radius 2 is 2.22 bits per heavy atom. The second-order valence-corrected chi connectivity index (χ2v) is 3.80. The summed E-state index contributed by atoms with van der Waals surface area (Å²) in [5.41, 5.74) is 0.929. The Bertz CT molecular complexity index is 483. The molecule has 2 N–H and O–H groups in total. The van der Waals surface area contributed by atoms with E-state index in [1.54, 1.807) is 6.20 Å². The maximum atomic E-state index is 5.42. The molecule has 96 valence electrons. The molecule has 0 bridgehead atoms. The van der Waals surface area contributed by atoms with E-state index in [-0.39, 0.29) is 0 Å². The molecule has 0 unspecified atom stereocenters. The fourth-order valence-corrected chi connectivity index (χ4v) is 1.63. The highest BCUT2D eigenvalue weighted by atomic mass is 16.5. The van der Waals surface area contributed by atoms with Gasteiger partial charge in [-0.1, -0.05) is 0 Å². The highest BCUT2D eigenvalue weighted by Crippen LogP contribution is 2.19. The molecule has 0 radical (unpaired) electrons. The van der Waals surface area contributed by atoms with E-state index >= 15 is 0 Å². The number of aromatic nitrogens is 4. The van der Waals surface area contributed by atoms with Gasteiger partial charge < -0.3 is 15.0 Å². The summed E-state index contributed by atoms with van der Waals surface area (Å²) < 4.78 is 5.42. The molecule has 0 aromatic carbocycles. The lowest BCUT2D eigenvalue weighted by Gasteiger charge is -2.10. The van der Waals surface area contributed by atoms with Crippen molar-refractivity contribution in [3.05, 3.63) is 30.1 Å². The molecule has 0 aliphatic rings. The molecular formula is C12H17N5O. The molecular weight excluding hydrogens is 230 g/mol. The number of nitrogens with zero attached hydrogens (tertiary/aromatic N) is 3. The van der Waals surface area contributed by atoms with Crippen LogP contribution in [-0.4, -0.2) is 33.1 Å². The summed E-state index contributed by atoms with van der Waals surface area (Å²) in [6.45, 7) is 5.24. The predicted octanol–water partition coefficient (Wildman–Crippen LogP) is 1.56. The predicted molar refractivity (Wildman–Crippen MR) is 68.7 cm³/mol. The molecule has 6 nitrogen and oxygen atoms in total. The normalized spacial score (nSPS) is 10.3. The zero-order valence-electron chi connectivity index (χ0n) is 10.6. The summed E-state index contributed by atoms with van der Waals surface area (Å²) in [7, 11) is 0. The van der Waals surface area contributed by atoms with Crippen LogP contribution >= 0.6 is 0 Å². The molecule has 0 fully saturated rings. The molecule has 0 aliphatic heterocycles. The van der Waals surface area contributed by atoms with E-state index in [1.165, 1.54) is 6.33 Å². The average molecular weight is 247 g/mol. The van der Waals surface area contributed by atoms with Crippen molar-refractivity contribution in [2.75, 3.05) is 18.5 Å². The number of H-pyrrole nitrogens is 1. The van der Waals surface area contributed by atoms with Gasteiger partial charge >= 0.3 is 0 Å². The van der Waals surface area contributed by atoms with Crippen molar-refractivity contribution >= 4 is 5.82 Å². The van der Waals surface area contributed by atoms with Crippen LogP contribution in [0, 0.1) is 6.92 Å². The maximum Gasteiger partial charge on any atom is 0.221 e. The second-order valence-electron chi connectivity index (χ2n) is 3.80. The van der Waals surface area contributed by atoms with Gasteiger partial charge in [-0.05, 0) is 13.8 Å². The second kappa shape index (κ2) is 6.00. The number of ether oxygens (including phenoxy) is 1. The molecule has 2 aromatic rings. The third kappa shape index (κ3) is 2.97. The zero-order valence-corrected chi connectivity index (χ0v) is 10.6. The van der Waals surface area contributed by atoms with Crippen molar-refractivity contribution in [2.45, 2.75) is 20.3 Å². The van der Waals surface area contributed by atoms with E-state index in [2.05, 4.69) is 25.3 Å². The minimum Gasteiger partial charge on any atom is -0.478 e. The summed E-state index contributed by atoms with van der Waals surface area (Å²) in [5.74, 6) is 2.40. The lowest BCUT2D eigenvalue weighted by Crippen LogP contribution is -2.10. The Kier molecular flexibility index (Phi) is 4.11. The van der Waals surface area contributed by atoms with E-state index in [1.807, 2.05) is 20.0 Å². The minimum atomic E-state index is 0.601. The molecule has 0 amide bonds. The van der Waals surface area contributed by atoms with E-state index in [0.29, 0.717) is 12.5 Å². The van der Waals surface area contributed by atoms with Gasteiger partial charge in [0.25, 0.3) is 0 Å². The monoisotopic (exact) mass is 247 g/mol. The summed E-state index contributed by atoms with van der Waals surface area (Å²) in [6.07, 6.45) is 5.89. The van der Waals surface area contributed by atoms with Crippen molar-refractivity contribution in [1.29, 1.82) is 0 Å². The number of anilines is 1. The fraction of sp³-hybridized carbons (Fsp3) is 0.417. The zero-order chi connectivity index (χ0) is 12.8. The number of nitrogens with one attached hydrogen (secondary N) is 2. The van der Waals surface area contributed by atoms with Crippen molar-refractivity contribution in [1.82, 2.24) is 19.9 Å². The van der Waals surface area contributed by atoms with Crippen molar-refractivity contribution in [3.63, 3.8) is 0 Å². The van der Waals surface area contributed by atoms with Gasteiger partial charge in [-0.15, -0.1) is 0 Å². The summed E-state index contributed by atoms with van der Waals surface area (Å²) in [6, 6.07) is 0. The lowest BCUT2D eigenvalue weighted by atomic mass is 10.3. The molecule has 2 heterocycles. The van der Waals surface area contributed by atoms with Crippen LogP contribution in [-0.2, 0) is 6.42 Å². The topological polar surface area (TPSA) is 75.7 Å². The van der Waals surface area contributed by atoms with Crippen LogP contribution in [0.5, 0.6) is 5.88 Å². The first kappa shape index (κ1) is 12.3. The number of hydrogen-bond donors (Lipinski definition) is 2. The van der Waals surface area contributed by atoms with Crippen molar-refractivity contribution < 1.29 is 4.74 Å². The molecule has 0 spiro atoms. The Morgan fingerprint density at radius 1 is 1.33 bits per heavy atom. The van der Waals surface area contributed by atoms with Gasteiger partial charge in [0.05, 0.1) is 12.2 Å². The van der Waals surface area contributed by atoms with Crippen LogP contribution in [0.1, 0.15) is 18.3 Å². The Morgan fingerprint density at radius 3 is 2.94 bits per heavy atom. The number of hydrogen-bond acceptors (Lipinski definition) is 5. The summed E-state index contributed by atoms with van der Waals surface area (Å²) in [5, 5.41) is 3.26. The molecule has 0 atom stereocenters. The molecule has 6 heteroatoms. The molecule has 2 rings (SSSR count). The Hall–Kier alpha value is -2.11. The van der Waals surface area contributed by atoms with Gasteiger partial charge in [0.2, 0.25) is 5.88 Å². The first-order valence-corrected chi connectivity index (χ1v) is 5.97. The van der Waals surface area contributed by atoms with Crippen molar-refractivity contribution in [3.8, 4) is 5.88 Å². The number of rotatable bonds is 6. The quantitative estimate of drug-likeness (QED) is 0.810. The van der Waals surface area contributed by atoms with E-state index in [0.717, 1.165) is 30.2 Å². The van der Waals surface area contributed by atoms with Crippen LogP contribution in [0.25, 0.3) is 0 Å². The standard InChI is InChI=1S/C12H17N5O/c1-3-18-12-9(2)11(16-8-17-12)15-5-4-10-13-6-7-14-10/h6-8H,3-5H2,1-2H3,(H,13,14)(H,15,16,17). The maximum absolute atomic E-state index is 5.42. The van der Waals surface area contributed by atoms with Crippen LogP contribution in [0.4, 0.5) is 5.82 Å². The SMILES string of the molecule is CCOc1ncnc(NCCc2ncc[nH]2)c1C. The van der Waals surface area contributed by atoms with Gasteiger partial charge in [0, 0.05) is 25.4 Å². The van der Waals surface area contributed by atoms with Gasteiger partial charge in [-0.2, -0.15) is 0 Å². The minimum absolute atomic E-state index is 0.601. The first-order chi connectivity index (χ1) is 8.81. The van der Waals surface area contributed by atoms with Crippen LogP contribution in [0.3, 0.4) is 0 Å². The van der Waals surface area contributed by atoms with Crippen LogP contribution < -0.4 is 10.1 Å². The van der Waals surface area contributed by atoms with Gasteiger partial charge in [0.15, 0.2) is 0 Å². The average Bonchev–Trinajstić information content (AvgIpc) is 2.87. The van der Waals surface area contributed by atoms with E-state index < -0.39 is 0 Å². The molecule has 0 saturated carbocycles. The van der Waals surface area contributed by atoms with Gasteiger partial charge in [-0.25, -0.2) is 15.0 Å². The van der Waals surface area contributed by atoms with E-state index in [9.17, 15) is 0 Å². The summed E-state index contributed by atoms with van der Waals surface area (Å²) in [4.78, 5) is 15.5. The highest BCUT2D eigenvalue weighted by Gasteiger charge is 2.07. The largest absolute Gasteiger partial charge is 0.478 e. The summed E-state index contributed by atoms with van der Waals surface area (Å²) >= 11 is 0. The molecule has 2 aromatic heterocycles. The molecule has 18 heavy (non-hydrogen) atoms. The highest BCUT2D eigenvalue weighted by molar-refractivity contribution is 5.47. The van der Waals surface area contributed by atoms with Gasteiger partial charge in [0.1, 0.15) is 18.0 Å². The molecule has 0 aliphatic carbocycles. The molecule has 0 saturated heterocycles. The van der Waals surface area contributed by atoms with Gasteiger partial charge in [-0.3, -0.25) is 0 Å². The smallest absolute Gasteiger partial charge is 0.221 e.